The van der Waals surface area contributed by atoms with Crippen LogP contribution in [0.4, 0.5) is 5.82 Å². The average molecular weight is 269 g/mol. The summed E-state index contributed by atoms with van der Waals surface area (Å²) in [6.07, 6.45) is 0.537. The second-order valence-electron chi connectivity index (χ2n) is 4.62. The lowest BCUT2D eigenvalue weighted by molar-refractivity contribution is -0.0460. The Kier molecular flexibility index (Phi) is 3.23. The molecule has 1 unspecified atom stereocenters. The largest absolute Gasteiger partial charge is 0.394 e. The molecule has 2 aliphatic rings. The van der Waals surface area contributed by atoms with Crippen molar-refractivity contribution in [3.8, 4) is 0 Å². The summed E-state index contributed by atoms with van der Waals surface area (Å²) < 4.78 is 6.80. The lowest BCUT2D eigenvalue weighted by atomic mass is 10.2. The minimum Gasteiger partial charge on any atom is -0.394 e. The van der Waals surface area contributed by atoms with Crippen molar-refractivity contribution in [2.24, 2.45) is 0 Å². The number of nitrogens with one attached hydrogen (secondary N) is 1. The summed E-state index contributed by atoms with van der Waals surface area (Å²) in [5, 5.41) is 18.7. The van der Waals surface area contributed by atoms with Gasteiger partial charge in [-0.2, -0.15) is 4.98 Å². The van der Waals surface area contributed by atoms with Gasteiger partial charge in [0.05, 0.1) is 19.3 Å². The zero-order chi connectivity index (χ0) is 13.4. The fourth-order valence-corrected chi connectivity index (χ4v) is 2.32. The van der Waals surface area contributed by atoms with Crippen LogP contribution in [0.1, 0.15) is 18.2 Å². The fourth-order valence-electron chi connectivity index (χ4n) is 2.32. The Balaban J connectivity index is 1.91. The van der Waals surface area contributed by atoms with Gasteiger partial charge in [0.1, 0.15) is 12.3 Å². The highest BCUT2D eigenvalue weighted by molar-refractivity contribution is 5.41. The minimum atomic E-state index is -0.778. The van der Waals surface area contributed by atoms with Crippen molar-refractivity contribution in [1.29, 1.82) is 0 Å². The van der Waals surface area contributed by atoms with Crippen molar-refractivity contribution in [3.05, 3.63) is 22.2 Å². The van der Waals surface area contributed by atoms with Crippen molar-refractivity contribution < 1.29 is 19.8 Å². The number of aliphatic hydroxyl groups excluding tert-OH is 2. The fraction of sp³-hybridized carbons (Fsp3) is 0.636. The third kappa shape index (κ3) is 2.23. The van der Waals surface area contributed by atoms with E-state index in [1.54, 1.807) is 6.20 Å². The predicted molar refractivity (Wildman–Crippen MR) is 63.4 cm³/mol. The molecular formula is C11H15N3O5. The maximum atomic E-state index is 11.9. The molecule has 0 saturated carbocycles. The van der Waals surface area contributed by atoms with E-state index in [0.717, 1.165) is 5.56 Å². The number of aliphatic hydroxyl groups is 2. The van der Waals surface area contributed by atoms with E-state index >= 15 is 0 Å². The molecule has 1 saturated heterocycles. The molecule has 3 heterocycles. The highest BCUT2D eigenvalue weighted by Crippen LogP contribution is 2.28. The Morgan fingerprint density at radius 1 is 1.58 bits per heavy atom. The standard InChI is InChI=1S/C11H15N3O5/c15-5-8-7(16)3-9(19-8)14-4-6-1-2-18-13-10(6)12-11(14)17/h4,7-9,15-16H,1-3,5H2,(H,12,13,17)/t7-,8+,9?/m0/s1. The van der Waals surface area contributed by atoms with E-state index in [2.05, 4.69) is 10.5 Å². The Morgan fingerprint density at radius 2 is 2.42 bits per heavy atom. The first-order valence-electron chi connectivity index (χ1n) is 6.13. The molecule has 0 amide bonds. The quantitative estimate of drug-likeness (QED) is 0.618. The van der Waals surface area contributed by atoms with Crippen LogP contribution in [0, 0.1) is 0 Å². The van der Waals surface area contributed by atoms with E-state index < -0.39 is 24.1 Å². The normalized spacial score (nSPS) is 29.9. The van der Waals surface area contributed by atoms with Gasteiger partial charge in [0.25, 0.3) is 0 Å². The molecule has 1 aromatic heterocycles. The second-order valence-corrected chi connectivity index (χ2v) is 4.62. The average Bonchev–Trinajstić information content (AvgIpc) is 2.79. The van der Waals surface area contributed by atoms with E-state index in [1.165, 1.54) is 4.57 Å². The van der Waals surface area contributed by atoms with Crippen LogP contribution < -0.4 is 11.2 Å². The molecule has 0 radical (unpaired) electrons. The van der Waals surface area contributed by atoms with Crippen LogP contribution in [0.2, 0.25) is 0 Å². The van der Waals surface area contributed by atoms with Gasteiger partial charge in [-0.3, -0.25) is 9.40 Å². The van der Waals surface area contributed by atoms with Gasteiger partial charge in [-0.15, -0.1) is 0 Å². The minimum absolute atomic E-state index is 0.259. The number of ether oxygens (including phenoxy) is 1. The first-order valence-corrected chi connectivity index (χ1v) is 6.13. The molecule has 19 heavy (non-hydrogen) atoms. The van der Waals surface area contributed by atoms with E-state index in [1.807, 2.05) is 0 Å². The Hall–Kier alpha value is -1.48. The van der Waals surface area contributed by atoms with Crippen LogP contribution in [-0.4, -0.2) is 45.2 Å². The summed E-state index contributed by atoms with van der Waals surface area (Å²) in [6.45, 7) is 0.223. The van der Waals surface area contributed by atoms with Crippen LogP contribution >= 0.6 is 0 Å². The Morgan fingerprint density at radius 3 is 3.16 bits per heavy atom. The highest BCUT2D eigenvalue weighted by atomic mass is 16.6. The summed E-state index contributed by atoms with van der Waals surface area (Å²) in [5.74, 6) is 0.421. The molecule has 3 rings (SSSR count). The SMILES string of the molecule is O=c1nc2c(cn1C1C[C@H](O)[C@@H](CO)O1)CCON2. The van der Waals surface area contributed by atoms with Crippen molar-refractivity contribution >= 4 is 5.82 Å². The molecule has 1 fully saturated rings. The number of nitrogens with zero attached hydrogens (tertiary/aromatic N) is 2. The van der Waals surface area contributed by atoms with E-state index in [0.29, 0.717) is 18.8 Å². The molecular weight excluding hydrogens is 254 g/mol. The molecule has 1 aromatic rings. The van der Waals surface area contributed by atoms with E-state index in [4.69, 9.17) is 14.7 Å². The maximum absolute atomic E-state index is 11.9. The molecule has 0 aromatic carbocycles. The van der Waals surface area contributed by atoms with Gasteiger partial charge in [-0.05, 0) is 0 Å². The Bertz CT molecular complexity index is 532. The van der Waals surface area contributed by atoms with Gasteiger partial charge in [0, 0.05) is 24.6 Å². The van der Waals surface area contributed by atoms with Crippen LogP contribution in [0.15, 0.2) is 11.0 Å². The Labute approximate surface area is 108 Å². The van der Waals surface area contributed by atoms with Crippen molar-refractivity contribution in [2.75, 3.05) is 18.7 Å². The summed E-state index contributed by atoms with van der Waals surface area (Å²) in [5.41, 5.74) is 2.97. The number of hydrogen-bond donors (Lipinski definition) is 3. The van der Waals surface area contributed by atoms with E-state index in [-0.39, 0.29) is 13.0 Å². The van der Waals surface area contributed by atoms with Gasteiger partial charge in [-0.1, -0.05) is 0 Å². The predicted octanol–water partition coefficient (Wildman–Crippen LogP) is -1.22. The maximum Gasteiger partial charge on any atom is 0.351 e. The smallest absolute Gasteiger partial charge is 0.351 e. The van der Waals surface area contributed by atoms with Crippen LogP contribution in [0.25, 0.3) is 0 Å². The summed E-state index contributed by atoms with van der Waals surface area (Å²) in [6, 6.07) is 0. The number of hydrogen-bond acceptors (Lipinski definition) is 7. The van der Waals surface area contributed by atoms with Crippen LogP contribution in [0.3, 0.4) is 0 Å². The molecule has 3 N–H and O–H groups in total. The number of aromatic nitrogens is 2. The summed E-state index contributed by atoms with van der Waals surface area (Å²) >= 11 is 0. The molecule has 8 heteroatoms. The molecule has 0 bridgehead atoms. The molecule has 8 nitrogen and oxygen atoms in total. The molecule has 3 atom stereocenters. The van der Waals surface area contributed by atoms with Gasteiger partial charge in [-0.25, -0.2) is 10.3 Å². The monoisotopic (exact) mass is 269 g/mol. The number of fused-ring (bicyclic) bond motifs is 1. The zero-order valence-electron chi connectivity index (χ0n) is 10.2. The first kappa shape index (κ1) is 12.5. The van der Waals surface area contributed by atoms with Gasteiger partial charge in [0.15, 0.2) is 5.82 Å². The van der Waals surface area contributed by atoms with Crippen molar-refractivity contribution in [1.82, 2.24) is 9.55 Å². The molecule has 0 aliphatic carbocycles. The van der Waals surface area contributed by atoms with Crippen LogP contribution in [0.5, 0.6) is 0 Å². The second kappa shape index (κ2) is 4.89. The topological polar surface area (TPSA) is 106 Å². The first-order chi connectivity index (χ1) is 9.19. The third-order valence-corrected chi connectivity index (χ3v) is 3.36. The van der Waals surface area contributed by atoms with Crippen molar-refractivity contribution in [3.63, 3.8) is 0 Å². The molecule has 0 spiro atoms. The number of anilines is 1. The van der Waals surface area contributed by atoms with Crippen molar-refractivity contribution in [2.45, 2.75) is 31.3 Å². The van der Waals surface area contributed by atoms with Crippen LogP contribution in [-0.2, 0) is 16.0 Å². The van der Waals surface area contributed by atoms with E-state index in [9.17, 15) is 9.90 Å². The zero-order valence-corrected chi connectivity index (χ0v) is 10.2. The molecule has 104 valence electrons. The van der Waals surface area contributed by atoms with Gasteiger partial charge in [0.2, 0.25) is 0 Å². The lowest BCUT2D eigenvalue weighted by Crippen LogP contribution is -2.31. The third-order valence-electron chi connectivity index (χ3n) is 3.36. The number of rotatable bonds is 2. The molecule has 2 aliphatic heterocycles. The van der Waals surface area contributed by atoms with Gasteiger partial charge < -0.3 is 14.9 Å². The summed E-state index contributed by atoms with van der Waals surface area (Å²) in [4.78, 5) is 20.8. The highest BCUT2D eigenvalue weighted by Gasteiger charge is 2.35. The lowest BCUT2D eigenvalue weighted by Gasteiger charge is -2.20. The van der Waals surface area contributed by atoms with Gasteiger partial charge >= 0.3 is 5.69 Å². The summed E-state index contributed by atoms with van der Waals surface area (Å²) in [7, 11) is 0.